The number of fused-ring (bicyclic) bond motifs is 2. The second-order valence-corrected chi connectivity index (χ2v) is 9.23. The summed E-state index contributed by atoms with van der Waals surface area (Å²) in [5, 5.41) is 4.07. The van der Waals surface area contributed by atoms with E-state index < -0.39 is 11.9 Å². The first-order valence-electron chi connectivity index (χ1n) is 11.2. The average molecular weight is 550 g/mol. The number of aryl methyl sites for hydroxylation is 1. The molecule has 2 aliphatic heterocycles. The zero-order valence-electron chi connectivity index (χ0n) is 19.2. The Morgan fingerprint density at radius 3 is 2.69 bits per heavy atom. The summed E-state index contributed by atoms with van der Waals surface area (Å²) in [4.78, 5) is 15.6. The molecule has 1 unspecified atom stereocenters. The number of alkyl halides is 4. The first-order chi connectivity index (χ1) is 16.7. The van der Waals surface area contributed by atoms with E-state index in [9.17, 15) is 18.0 Å². The van der Waals surface area contributed by atoms with E-state index in [1.807, 2.05) is 18.2 Å². The van der Waals surface area contributed by atoms with Crippen molar-refractivity contribution in [3.63, 3.8) is 0 Å². The van der Waals surface area contributed by atoms with Crippen LogP contribution < -0.4 is 9.47 Å². The molecular weight excluding hydrogens is 527 g/mol. The maximum absolute atomic E-state index is 13.8. The van der Waals surface area contributed by atoms with Crippen LogP contribution >= 0.6 is 15.9 Å². The van der Waals surface area contributed by atoms with E-state index >= 15 is 0 Å². The van der Waals surface area contributed by atoms with Crippen molar-refractivity contribution in [1.29, 1.82) is 0 Å². The fraction of sp³-hybridized carbons (Fsp3) is 0.360. The molecule has 0 saturated heterocycles. The molecule has 0 N–H and O–H groups in total. The number of rotatable bonds is 4. The molecule has 1 atom stereocenters. The summed E-state index contributed by atoms with van der Waals surface area (Å²) in [5.41, 5.74) is 2.08. The largest absolute Gasteiger partial charge is 0.497 e. The molecule has 10 heteroatoms. The summed E-state index contributed by atoms with van der Waals surface area (Å²) in [6.07, 6.45) is -2.19. The Bertz CT molecular complexity index is 1310. The number of nitrogens with zero attached hydrogens (tertiary/aromatic N) is 3. The Morgan fingerprint density at radius 2 is 1.97 bits per heavy atom. The van der Waals surface area contributed by atoms with Gasteiger partial charge in [0.2, 0.25) is 0 Å². The van der Waals surface area contributed by atoms with Crippen molar-refractivity contribution in [1.82, 2.24) is 14.7 Å². The van der Waals surface area contributed by atoms with Crippen LogP contribution in [0, 0.1) is 0 Å². The molecule has 2 aliphatic rings. The van der Waals surface area contributed by atoms with Crippen LogP contribution in [0.1, 0.15) is 45.2 Å². The first-order valence-corrected chi connectivity index (χ1v) is 12.3. The summed E-state index contributed by atoms with van der Waals surface area (Å²) in [7, 11) is 3.04. The van der Waals surface area contributed by atoms with Gasteiger partial charge in [-0.15, -0.1) is 0 Å². The molecule has 3 aromatic rings. The van der Waals surface area contributed by atoms with Crippen LogP contribution in [-0.2, 0) is 25.0 Å². The number of hydrogen-bond donors (Lipinski definition) is 0. The lowest BCUT2D eigenvalue weighted by Crippen LogP contribution is -2.42. The number of carbonyl (C=O) groups excluding carboxylic acids is 1. The molecule has 1 aromatic heterocycles. The molecule has 35 heavy (non-hydrogen) atoms. The highest BCUT2D eigenvalue weighted by molar-refractivity contribution is 9.08. The number of methoxy groups -OCH3 is 1. The molecule has 1 amide bonds. The van der Waals surface area contributed by atoms with E-state index in [0.29, 0.717) is 59.5 Å². The molecule has 2 aromatic carbocycles. The van der Waals surface area contributed by atoms with E-state index in [0.717, 1.165) is 15.8 Å². The lowest BCUT2D eigenvalue weighted by molar-refractivity contribution is -0.140. The number of aromatic nitrogens is 2. The van der Waals surface area contributed by atoms with Crippen molar-refractivity contribution in [2.24, 2.45) is 7.05 Å². The first kappa shape index (κ1) is 23.7. The number of halogens is 4. The third-order valence-corrected chi connectivity index (χ3v) is 7.19. The van der Waals surface area contributed by atoms with Gasteiger partial charge in [-0.1, -0.05) is 15.9 Å². The van der Waals surface area contributed by atoms with Crippen LogP contribution in [0.2, 0.25) is 0 Å². The third kappa shape index (κ3) is 4.17. The molecule has 0 saturated carbocycles. The molecule has 0 aliphatic carbocycles. The van der Waals surface area contributed by atoms with Crippen molar-refractivity contribution in [2.75, 3.05) is 20.3 Å². The predicted molar refractivity (Wildman–Crippen MR) is 127 cm³/mol. The van der Waals surface area contributed by atoms with Gasteiger partial charge in [0.15, 0.2) is 5.69 Å². The van der Waals surface area contributed by atoms with E-state index in [2.05, 4.69) is 21.0 Å². The molecule has 0 spiro atoms. The average Bonchev–Trinajstić information content (AvgIpc) is 3.25. The van der Waals surface area contributed by atoms with Crippen LogP contribution in [0.15, 0.2) is 36.5 Å². The topological polar surface area (TPSA) is 56.6 Å². The summed E-state index contributed by atoms with van der Waals surface area (Å²) in [6, 6.07) is 8.82. The van der Waals surface area contributed by atoms with Crippen LogP contribution in [0.25, 0.3) is 11.1 Å². The Kier molecular flexibility index (Phi) is 6.03. The van der Waals surface area contributed by atoms with Crippen molar-refractivity contribution in [3.8, 4) is 22.6 Å². The van der Waals surface area contributed by atoms with Crippen LogP contribution in [0.3, 0.4) is 0 Å². The molecule has 6 nitrogen and oxygen atoms in total. The predicted octanol–water partition coefficient (Wildman–Crippen LogP) is 5.53. The lowest BCUT2D eigenvalue weighted by atomic mass is 9.87. The summed E-state index contributed by atoms with van der Waals surface area (Å²) >= 11 is 3.41. The minimum absolute atomic E-state index is 0.0125. The maximum atomic E-state index is 13.8. The minimum Gasteiger partial charge on any atom is -0.497 e. The summed E-state index contributed by atoms with van der Waals surface area (Å²) < 4.78 is 53.6. The quantitative estimate of drug-likeness (QED) is 0.401. The highest BCUT2D eigenvalue weighted by Crippen LogP contribution is 2.43. The van der Waals surface area contributed by atoms with Crippen molar-refractivity contribution in [3.05, 3.63) is 64.5 Å². The second-order valence-electron chi connectivity index (χ2n) is 8.67. The fourth-order valence-electron chi connectivity index (χ4n) is 5.00. The van der Waals surface area contributed by atoms with Gasteiger partial charge >= 0.3 is 6.18 Å². The smallest absolute Gasteiger partial charge is 0.435 e. The normalized spacial score (nSPS) is 17.6. The molecule has 0 fully saturated rings. The lowest BCUT2D eigenvalue weighted by Gasteiger charge is -2.39. The number of carbonyl (C=O) groups is 1. The van der Waals surface area contributed by atoms with Crippen LogP contribution in [-0.4, -0.2) is 40.8 Å². The van der Waals surface area contributed by atoms with Gasteiger partial charge in [0, 0.05) is 48.2 Å². The maximum Gasteiger partial charge on any atom is 0.435 e. The Labute approximate surface area is 208 Å². The Balaban J connectivity index is 1.60. The Morgan fingerprint density at radius 1 is 1.20 bits per heavy atom. The van der Waals surface area contributed by atoms with Gasteiger partial charge in [0.25, 0.3) is 5.91 Å². The SMILES string of the molecule is COc1ccc2c(c1)C(N1CCc3c(cc(CBr)cc3-c3cn(C)nc3C(F)(F)F)C1=O)CCO2. The number of amides is 1. The van der Waals surface area contributed by atoms with Crippen molar-refractivity contribution in [2.45, 2.75) is 30.4 Å². The zero-order valence-corrected chi connectivity index (χ0v) is 20.7. The molecular formula is C25H23BrF3N3O3. The van der Waals surface area contributed by atoms with Gasteiger partial charge in [0.1, 0.15) is 11.5 Å². The Hall–Kier alpha value is -3.01. The van der Waals surface area contributed by atoms with Gasteiger partial charge in [-0.05, 0) is 53.4 Å². The third-order valence-electron chi connectivity index (χ3n) is 6.55. The molecule has 0 radical (unpaired) electrons. The molecule has 184 valence electrons. The van der Waals surface area contributed by atoms with E-state index in [1.54, 1.807) is 24.1 Å². The van der Waals surface area contributed by atoms with Gasteiger partial charge < -0.3 is 14.4 Å². The molecule has 3 heterocycles. The highest BCUT2D eigenvalue weighted by Gasteiger charge is 2.40. The van der Waals surface area contributed by atoms with Gasteiger partial charge in [-0.25, -0.2) is 0 Å². The highest BCUT2D eigenvalue weighted by atomic mass is 79.9. The number of benzene rings is 2. The standard InChI is InChI=1S/C25H23BrF3N3O3/c1-31-13-20(23(30-31)25(27,28)29)17-9-14(12-26)10-18-16(17)5-7-32(24(18)33)21-6-8-35-22-4-3-15(34-2)11-19(21)22/h3-4,9-11,13,21H,5-8,12H2,1-2H3. The molecule has 0 bridgehead atoms. The minimum atomic E-state index is -4.61. The number of hydrogen-bond acceptors (Lipinski definition) is 4. The second kappa shape index (κ2) is 8.89. The monoisotopic (exact) mass is 549 g/mol. The van der Waals surface area contributed by atoms with Gasteiger partial charge in [0.05, 0.1) is 19.8 Å². The summed E-state index contributed by atoms with van der Waals surface area (Å²) in [6.45, 7) is 0.855. The van der Waals surface area contributed by atoms with Gasteiger partial charge in [-0.3, -0.25) is 9.48 Å². The fourth-order valence-corrected chi connectivity index (χ4v) is 5.32. The van der Waals surface area contributed by atoms with Crippen LogP contribution in [0.5, 0.6) is 11.5 Å². The van der Waals surface area contributed by atoms with E-state index in [4.69, 9.17) is 9.47 Å². The van der Waals surface area contributed by atoms with Crippen LogP contribution in [0.4, 0.5) is 13.2 Å². The van der Waals surface area contributed by atoms with Crippen molar-refractivity contribution >= 4 is 21.8 Å². The van der Waals surface area contributed by atoms with E-state index in [1.165, 1.54) is 13.2 Å². The summed E-state index contributed by atoms with van der Waals surface area (Å²) in [5.74, 6) is 1.18. The van der Waals surface area contributed by atoms with Crippen molar-refractivity contribution < 1.29 is 27.4 Å². The van der Waals surface area contributed by atoms with E-state index in [-0.39, 0.29) is 17.5 Å². The van der Waals surface area contributed by atoms with Gasteiger partial charge in [-0.2, -0.15) is 18.3 Å². The molecule has 5 rings (SSSR count). The number of ether oxygens (including phenoxy) is 2. The zero-order chi connectivity index (χ0) is 24.9.